The summed E-state index contributed by atoms with van der Waals surface area (Å²) in [7, 11) is -3.20. The maximum absolute atomic E-state index is 12.4. The van der Waals surface area contributed by atoms with Gasteiger partial charge in [-0.1, -0.05) is 18.2 Å². The molecule has 118 valence electrons. The van der Waals surface area contributed by atoms with Crippen LogP contribution in [0.25, 0.3) is 0 Å². The van der Waals surface area contributed by atoms with Crippen LogP contribution in [0.3, 0.4) is 0 Å². The lowest BCUT2D eigenvalue weighted by Crippen LogP contribution is -2.36. The maximum Gasteiger partial charge on any atom is 0.179 e. The monoisotopic (exact) mass is 319 g/mol. The Balaban J connectivity index is 1.60. The van der Waals surface area contributed by atoms with Gasteiger partial charge in [0.05, 0.1) is 17.2 Å². The molecule has 1 fully saturated rings. The van der Waals surface area contributed by atoms with Gasteiger partial charge in [-0.15, -0.1) is 0 Å². The minimum absolute atomic E-state index is 0.173. The number of rotatable bonds is 6. The molecule has 1 atom stereocenters. The third-order valence-electron chi connectivity index (χ3n) is 4.21. The summed E-state index contributed by atoms with van der Waals surface area (Å²) in [5, 5.41) is 4.24. The van der Waals surface area contributed by atoms with Crippen LogP contribution in [0, 0.1) is 0 Å². The quantitative estimate of drug-likeness (QED) is 0.815. The van der Waals surface area contributed by atoms with Crippen molar-refractivity contribution < 1.29 is 8.42 Å². The van der Waals surface area contributed by atoms with Crippen molar-refractivity contribution in [2.75, 3.05) is 18.8 Å². The van der Waals surface area contributed by atoms with E-state index in [1.165, 1.54) is 0 Å². The molecule has 0 radical (unpaired) electrons. The summed E-state index contributed by atoms with van der Waals surface area (Å²) in [5.74, 6) is 0.173. The average Bonchev–Trinajstić information content (AvgIpc) is 3.19. The largest absolute Gasteiger partial charge is 0.298 e. The third kappa shape index (κ3) is 3.56. The van der Waals surface area contributed by atoms with E-state index in [1.807, 2.05) is 23.0 Å². The van der Waals surface area contributed by atoms with Gasteiger partial charge in [0.25, 0.3) is 0 Å². The van der Waals surface area contributed by atoms with Gasteiger partial charge in [-0.05, 0) is 37.6 Å². The van der Waals surface area contributed by atoms with Crippen molar-refractivity contribution in [1.82, 2.24) is 14.7 Å². The van der Waals surface area contributed by atoms with Crippen molar-refractivity contribution in [3.05, 3.63) is 48.8 Å². The molecule has 5 nitrogen and oxygen atoms in total. The van der Waals surface area contributed by atoms with E-state index in [0.717, 1.165) is 25.9 Å². The first-order valence-corrected chi connectivity index (χ1v) is 9.30. The highest BCUT2D eigenvalue weighted by Gasteiger charge is 2.26. The molecule has 1 aliphatic heterocycles. The van der Waals surface area contributed by atoms with Crippen LogP contribution >= 0.6 is 0 Å². The normalized spacial score (nSPS) is 19.5. The molecule has 0 aliphatic carbocycles. The number of hydrogen-bond acceptors (Lipinski definition) is 4. The van der Waals surface area contributed by atoms with Crippen LogP contribution in [0.5, 0.6) is 0 Å². The van der Waals surface area contributed by atoms with Crippen LogP contribution in [0.2, 0.25) is 0 Å². The zero-order chi connectivity index (χ0) is 15.4. The first-order chi connectivity index (χ1) is 10.6. The van der Waals surface area contributed by atoms with Crippen molar-refractivity contribution in [2.24, 2.45) is 0 Å². The SMILES string of the molecule is O=S(=O)(CCN1CCC[C@@H]1Cn1cccn1)c1ccccc1. The van der Waals surface area contributed by atoms with Crippen molar-refractivity contribution >= 4 is 9.84 Å². The molecule has 22 heavy (non-hydrogen) atoms. The van der Waals surface area contributed by atoms with E-state index in [9.17, 15) is 8.42 Å². The molecule has 0 amide bonds. The molecule has 0 N–H and O–H groups in total. The topological polar surface area (TPSA) is 55.2 Å². The summed E-state index contributed by atoms with van der Waals surface area (Å²) in [6, 6.07) is 11.0. The fraction of sp³-hybridized carbons (Fsp3) is 0.438. The lowest BCUT2D eigenvalue weighted by Gasteiger charge is -2.24. The van der Waals surface area contributed by atoms with Gasteiger partial charge in [-0.3, -0.25) is 9.58 Å². The van der Waals surface area contributed by atoms with E-state index in [-0.39, 0.29) is 5.75 Å². The van der Waals surface area contributed by atoms with Crippen LogP contribution in [0.4, 0.5) is 0 Å². The molecule has 1 aliphatic rings. The fourth-order valence-corrected chi connectivity index (χ4v) is 4.29. The van der Waals surface area contributed by atoms with E-state index >= 15 is 0 Å². The zero-order valence-corrected chi connectivity index (χ0v) is 13.3. The van der Waals surface area contributed by atoms with Gasteiger partial charge in [0.2, 0.25) is 0 Å². The summed E-state index contributed by atoms with van der Waals surface area (Å²) >= 11 is 0. The molecular weight excluding hydrogens is 298 g/mol. The summed E-state index contributed by atoms with van der Waals surface area (Å²) in [6.45, 7) is 2.39. The molecule has 2 aromatic rings. The van der Waals surface area contributed by atoms with Crippen LogP contribution in [0.1, 0.15) is 12.8 Å². The molecular formula is C16H21N3O2S. The number of likely N-dealkylation sites (tertiary alicyclic amines) is 1. The number of aromatic nitrogens is 2. The Morgan fingerprint density at radius 1 is 1.18 bits per heavy atom. The number of hydrogen-bond donors (Lipinski definition) is 0. The molecule has 0 saturated carbocycles. The fourth-order valence-electron chi connectivity index (χ4n) is 3.00. The van der Waals surface area contributed by atoms with Gasteiger partial charge < -0.3 is 0 Å². The molecule has 2 heterocycles. The average molecular weight is 319 g/mol. The Morgan fingerprint density at radius 2 is 2.00 bits per heavy atom. The van der Waals surface area contributed by atoms with Crippen LogP contribution in [-0.2, 0) is 16.4 Å². The predicted molar refractivity (Wildman–Crippen MR) is 85.3 cm³/mol. The van der Waals surface area contributed by atoms with Crippen molar-refractivity contribution in [1.29, 1.82) is 0 Å². The molecule has 1 aromatic heterocycles. The third-order valence-corrected chi connectivity index (χ3v) is 5.92. The molecule has 3 rings (SSSR count). The second-order valence-electron chi connectivity index (χ2n) is 5.69. The van der Waals surface area contributed by atoms with Gasteiger partial charge >= 0.3 is 0 Å². The number of sulfone groups is 1. The molecule has 0 unspecified atom stereocenters. The van der Waals surface area contributed by atoms with E-state index in [0.29, 0.717) is 17.5 Å². The Labute approximate surface area is 131 Å². The standard InChI is InChI=1S/C16H21N3O2S/c20-22(21,16-7-2-1-3-8-16)13-12-18-10-4-6-15(18)14-19-11-5-9-17-19/h1-3,5,7-9,11,15H,4,6,10,12-14H2/t15-/m1/s1. The van der Waals surface area contributed by atoms with Gasteiger partial charge in [-0.25, -0.2) is 8.42 Å². The lowest BCUT2D eigenvalue weighted by molar-refractivity contribution is 0.239. The summed E-state index contributed by atoms with van der Waals surface area (Å²) < 4.78 is 26.7. The van der Waals surface area contributed by atoms with Crippen LogP contribution in [-0.4, -0.2) is 48.0 Å². The van der Waals surface area contributed by atoms with Gasteiger partial charge in [0.15, 0.2) is 9.84 Å². The zero-order valence-electron chi connectivity index (χ0n) is 12.5. The van der Waals surface area contributed by atoms with E-state index < -0.39 is 9.84 Å². The van der Waals surface area contributed by atoms with Crippen LogP contribution in [0.15, 0.2) is 53.7 Å². The van der Waals surface area contributed by atoms with Gasteiger partial charge in [-0.2, -0.15) is 5.10 Å². The number of benzene rings is 1. The number of nitrogens with zero attached hydrogens (tertiary/aromatic N) is 3. The van der Waals surface area contributed by atoms with Gasteiger partial charge in [0.1, 0.15) is 0 Å². The molecule has 1 saturated heterocycles. The van der Waals surface area contributed by atoms with E-state index in [4.69, 9.17) is 0 Å². The smallest absolute Gasteiger partial charge is 0.179 e. The maximum atomic E-state index is 12.4. The summed E-state index contributed by atoms with van der Waals surface area (Å²) in [5.41, 5.74) is 0. The van der Waals surface area contributed by atoms with Crippen molar-refractivity contribution in [3.8, 4) is 0 Å². The minimum Gasteiger partial charge on any atom is -0.298 e. The lowest BCUT2D eigenvalue weighted by atomic mass is 10.2. The van der Waals surface area contributed by atoms with Crippen molar-refractivity contribution in [2.45, 2.75) is 30.3 Å². The highest BCUT2D eigenvalue weighted by Crippen LogP contribution is 2.19. The highest BCUT2D eigenvalue weighted by atomic mass is 32.2. The Hall–Kier alpha value is -1.66. The first-order valence-electron chi connectivity index (χ1n) is 7.64. The Morgan fingerprint density at radius 3 is 2.73 bits per heavy atom. The van der Waals surface area contributed by atoms with E-state index in [1.54, 1.807) is 30.5 Å². The second-order valence-corrected chi connectivity index (χ2v) is 7.80. The predicted octanol–water partition coefficient (Wildman–Crippen LogP) is 1.82. The molecule has 0 spiro atoms. The summed E-state index contributed by atoms with van der Waals surface area (Å²) in [6.07, 6.45) is 5.96. The highest BCUT2D eigenvalue weighted by molar-refractivity contribution is 7.91. The van der Waals surface area contributed by atoms with Crippen LogP contribution < -0.4 is 0 Å². The van der Waals surface area contributed by atoms with Gasteiger partial charge in [0, 0.05) is 25.0 Å². The molecule has 1 aromatic carbocycles. The second kappa shape index (κ2) is 6.62. The summed E-state index contributed by atoms with van der Waals surface area (Å²) in [4.78, 5) is 2.69. The first kappa shape index (κ1) is 15.2. The van der Waals surface area contributed by atoms with Crippen molar-refractivity contribution in [3.63, 3.8) is 0 Å². The molecule has 0 bridgehead atoms. The minimum atomic E-state index is -3.20. The van der Waals surface area contributed by atoms with E-state index in [2.05, 4.69) is 10.00 Å². The Bertz CT molecular complexity index is 683. The Kier molecular flexibility index (Phi) is 4.59. The molecule has 6 heteroatoms.